The number of ether oxygens (including phenoxy) is 2. The third-order valence-corrected chi connectivity index (χ3v) is 3.54. The first kappa shape index (κ1) is 13.4. The highest BCUT2D eigenvalue weighted by Crippen LogP contribution is 2.23. The average molecular weight is 250 g/mol. The summed E-state index contributed by atoms with van der Waals surface area (Å²) in [5.41, 5.74) is 0.881. The Hall–Kier alpha value is -1.06. The second kappa shape index (κ2) is 6.76. The first-order valence-corrected chi connectivity index (χ1v) is 6.73. The first-order chi connectivity index (χ1) is 8.79. The molecule has 0 radical (unpaired) electrons. The summed E-state index contributed by atoms with van der Waals surface area (Å²) in [5, 5.41) is 10.0. The summed E-state index contributed by atoms with van der Waals surface area (Å²) in [6.07, 6.45) is 5.89. The van der Waals surface area contributed by atoms with Crippen LogP contribution in [-0.4, -0.2) is 24.9 Å². The first-order valence-electron chi connectivity index (χ1n) is 6.73. The van der Waals surface area contributed by atoms with Gasteiger partial charge >= 0.3 is 0 Å². The number of aliphatic hydroxyl groups is 1. The Labute approximate surface area is 109 Å². The van der Waals surface area contributed by atoms with E-state index in [-0.39, 0.29) is 0 Å². The minimum absolute atomic E-state index is 0.339. The molecular weight excluding hydrogens is 228 g/mol. The van der Waals surface area contributed by atoms with Crippen LogP contribution in [0.5, 0.6) is 5.75 Å². The van der Waals surface area contributed by atoms with Crippen LogP contribution in [0.15, 0.2) is 24.3 Å². The lowest BCUT2D eigenvalue weighted by molar-refractivity contribution is -0.0245. The molecule has 1 unspecified atom stereocenters. The SMILES string of the molecule is COc1ccc(C(O)COC2CCCCC2)cc1. The zero-order valence-electron chi connectivity index (χ0n) is 11.0. The molecule has 1 saturated carbocycles. The minimum atomic E-state index is -0.544. The van der Waals surface area contributed by atoms with Gasteiger partial charge in [-0.3, -0.25) is 0 Å². The zero-order valence-corrected chi connectivity index (χ0v) is 11.0. The smallest absolute Gasteiger partial charge is 0.118 e. The molecule has 0 aromatic heterocycles. The fraction of sp³-hybridized carbons (Fsp3) is 0.600. The van der Waals surface area contributed by atoms with Crippen LogP contribution in [0, 0.1) is 0 Å². The molecule has 3 nitrogen and oxygen atoms in total. The monoisotopic (exact) mass is 250 g/mol. The molecule has 0 spiro atoms. The molecule has 1 atom stereocenters. The predicted molar refractivity (Wildman–Crippen MR) is 70.8 cm³/mol. The standard InChI is InChI=1S/C15H22O3/c1-17-13-9-7-12(8-10-13)15(16)11-18-14-5-3-2-4-6-14/h7-10,14-16H,2-6,11H2,1H3. The number of aliphatic hydroxyl groups excluding tert-OH is 1. The Morgan fingerprint density at radius 1 is 1.17 bits per heavy atom. The number of hydrogen-bond acceptors (Lipinski definition) is 3. The van der Waals surface area contributed by atoms with Crippen molar-refractivity contribution in [1.82, 2.24) is 0 Å². The van der Waals surface area contributed by atoms with Gasteiger partial charge in [-0.1, -0.05) is 31.4 Å². The summed E-state index contributed by atoms with van der Waals surface area (Å²) in [6, 6.07) is 7.49. The Kier molecular flexibility index (Phi) is 5.02. The summed E-state index contributed by atoms with van der Waals surface area (Å²) in [6.45, 7) is 0.386. The summed E-state index contributed by atoms with van der Waals surface area (Å²) < 4.78 is 10.9. The van der Waals surface area contributed by atoms with Gasteiger partial charge in [0, 0.05) is 0 Å². The third-order valence-electron chi connectivity index (χ3n) is 3.54. The molecule has 1 aliphatic rings. The predicted octanol–water partition coefficient (Wildman–Crippen LogP) is 3.08. The van der Waals surface area contributed by atoms with Crippen LogP contribution in [0.4, 0.5) is 0 Å². The van der Waals surface area contributed by atoms with Gasteiger partial charge in [0.2, 0.25) is 0 Å². The van der Waals surface area contributed by atoms with Gasteiger partial charge in [-0.25, -0.2) is 0 Å². The highest BCUT2D eigenvalue weighted by molar-refractivity contribution is 5.28. The fourth-order valence-corrected chi connectivity index (χ4v) is 2.38. The highest BCUT2D eigenvalue weighted by Gasteiger charge is 2.16. The molecular formula is C15H22O3. The summed E-state index contributed by atoms with van der Waals surface area (Å²) in [4.78, 5) is 0. The van der Waals surface area contributed by atoms with E-state index in [1.807, 2.05) is 24.3 Å². The molecule has 0 heterocycles. The highest BCUT2D eigenvalue weighted by atomic mass is 16.5. The summed E-state index contributed by atoms with van der Waals surface area (Å²) >= 11 is 0. The van der Waals surface area contributed by atoms with Gasteiger partial charge in [-0.2, -0.15) is 0 Å². The molecule has 1 aromatic carbocycles. The van der Waals surface area contributed by atoms with Crippen molar-refractivity contribution in [1.29, 1.82) is 0 Å². The largest absolute Gasteiger partial charge is 0.497 e. The van der Waals surface area contributed by atoms with Crippen molar-refractivity contribution in [2.45, 2.75) is 44.3 Å². The molecule has 0 bridgehead atoms. The molecule has 1 aromatic rings. The zero-order chi connectivity index (χ0) is 12.8. The Balaban J connectivity index is 1.80. The normalized spacial score (nSPS) is 18.6. The molecule has 0 aliphatic heterocycles. The Morgan fingerprint density at radius 3 is 2.44 bits per heavy atom. The van der Waals surface area contributed by atoms with Crippen LogP contribution in [-0.2, 0) is 4.74 Å². The van der Waals surface area contributed by atoms with Gasteiger partial charge in [0.1, 0.15) is 11.9 Å². The van der Waals surface area contributed by atoms with Crippen molar-refractivity contribution in [3.8, 4) is 5.75 Å². The van der Waals surface area contributed by atoms with Crippen LogP contribution in [0.1, 0.15) is 43.8 Å². The summed E-state index contributed by atoms with van der Waals surface area (Å²) in [7, 11) is 1.64. The van der Waals surface area contributed by atoms with Crippen molar-refractivity contribution in [3.63, 3.8) is 0 Å². The van der Waals surface area contributed by atoms with E-state index in [2.05, 4.69) is 0 Å². The molecule has 2 rings (SSSR count). The minimum Gasteiger partial charge on any atom is -0.497 e. The second-order valence-electron chi connectivity index (χ2n) is 4.88. The maximum atomic E-state index is 10.0. The van der Waals surface area contributed by atoms with Crippen molar-refractivity contribution in [2.75, 3.05) is 13.7 Å². The third kappa shape index (κ3) is 3.72. The van der Waals surface area contributed by atoms with Gasteiger partial charge in [0.05, 0.1) is 19.8 Å². The average Bonchev–Trinajstić information content (AvgIpc) is 2.46. The van der Waals surface area contributed by atoms with E-state index in [4.69, 9.17) is 9.47 Å². The van der Waals surface area contributed by atoms with Crippen molar-refractivity contribution in [3.05, 3.63) is 29.8 Å². The molecule has 1 fully saturated rings. The Morgan fingerprint density at radius 2 is 1.83 bits per heavy atom. The number of rotatable bonds is 5. The number of methoxy groups -OCH3 is 1. The quantitative estimate of drug-likeness (QED) is 0.872. The topological polar surface area (TPSA) is 38.7 Å². The van der Waals surface area contributed by atoms with Gasteiger partial charge < -0.3 is 14.6 Å². The van der Waals surface area contributed by atoms with E-state index < -0.39 is 6.10 Å². The molecule has 0 saturated heterocycles. The fourth-order valence-electron chi connectivity index (χ4n) is 2.38. The van der Waals surface area contributed by atoms with Gasteiger partial charge in [0.25, 0.3) is 0 Å². The van der Waals surface area contributed by atoms with Crippen LogP contribution in [0.2, 0.25) is 0 Å². The van der Waals surface area contributed by atoms with Crippen LogP contribution >= 0.6 is 0 Å². The van der Waals surface area contributed by atoms with Crippen LogP contribution < -0.4 is 4.74 Å². The molecule has 18 heavy (non-hydrogen) atoms. The van der Waals surface area contributed by atoms with Crippen LogP contribution in [0.25, 0.3) is 0 Å². The lowest BCUT2D eigenvalue weighted by Crippen LogP contribution is -2.20. The summed E-state index contributed by atoms with van der Waals surface area (Å²) in [5.74, 6) is 0.805. The van der Waals surface area contributed by atoms with Gasteiger partial charge in [-0.15, -0.1) is 0 Å². The van der Waals surface area contributed by atoms with Crippen molar-refractivity contribution < 1.29 is 14.6 Å². The lowest BCUT2D eigenvalue weighted by atomic mass is 9.98. The maximum absolute atomic E-state index is 10.0. The Bertz CT molecular complexity index is 341. The van der Waals surface area contributed by atoms with E-state index in [1.165, 1.54) is 19.3 Å². The number of hydrogen-bond donors (Lipinski definition) is 1. The van der Waals surface area contributed by atoms with Gasteiger partial charge in [0.15, 0.2) is 0 Å². The van der Waals surface area contributed by atoms with E-state index >= 15 is 0 Å². The van der Waals surface area contributed by atoms with E-state index in [0.717, 1.165) is 24.2 Å². The molecule has 0 amide bonds. The maximum Gasteiger partial charge on any atom is 0.118 e. The van der Waals surface area contributed by atoms with Crippen molar-refractivity contribution >= 4 is 0 Å². The van der Waals surface area contributed by atoms with E-state index in [0.29, 0.717) is 12.7 Å². The van der Waals surface area contributed by atoms with Gasteiger partial charge in [-0.05, 0) is 30.5 Å². The molecule has 100 valence electrons. The van der Waals surface area contributed by atoms with Crippen molar-refractivity contribution in [2.24, 2.45) is 0 Å². The van der Waals surface area contributed by atoms with Crippen LogP contribution in [0.3, 0.4) is 0 Å². The lowest BCUT2D eigenvalue weighted by Gasteiger charge is -2.23. The van der Waals surface area contributed by atoms with E-state index in [1.54, 1.807) is 7.11 Å². The molecule has 1 N–H and O–H groups in total. The number of benzene rings is 1. The van der Waals surface area contributed by atoms with E-state index in [9.17, 15) is 5.11 Å². The molecule has 1 aliphatic carbocycles. The molecule has 3 heteroatoms. The second-order valence-corrected chi connectivity index (χ2v) is 4.88.